The lowest BCUT2D eigenvalue weighted by Gasteiger charge is -2.29. The summed E-state index contributed by atoms with van der Waals surface area (Å²) in [5, 5.41) is 9.39. The molecule has 0 unspecified atom stereocenters. The second-order valence-corrected chi connectivity index (χ2v) is 16.5. The second-order valence-electron chi connectivity index (χ2n) is 16.5. The van der Waals surface area contributed by atoms with Crippen molar-refractivity contribution in [1.29, 1.82) is 0 Å². The van der Waals surface area contributed by atoms with E-state index < -0.39 is 0 Å². The standard InChI is InChI=1S/C57H39NO/c1-57(2)52-23-13-12-20-46(52)47-31-30-42(35-53(47)57)58(41-28-26-38(27-29-41)36-14-4-3-5-15-36)43-33-50(40-25-24-37-16-6-7-17-39(37)32-40)55-51(34-43)54-48-21-10-8-18-44(48)45-19-9-11-22-49(45)56(54)59-55/h3-35H,1-2H3. The molecule has 11 aromatic rings. The molecule has 0 fully saturated rings. The summed E-state index contributed by atoms with van der Waals surface area (Å²) in [6.45, 7) is 4.72. The van der Waals surface area contributed by atoms with Gasteiger partial charge in [0.1, 0.15) is 11.2 Å². The number of nitrogens with zero attached hydrogens (tertiary/aromatic N) is 1. The summed E-state index contributed by atoms with van der Waals surface area (Å²) in [5.41, 5.74) is 14.8. The summed E-state index contributed by atoms with van der Waals surface area (Å²) in [4.78, 5) is 2.44. The van der Waals surface area contributed by atoms with E-state index in [9.17, 15) is 0 Å². The Morgan fingerprint density at radius 2 is 0.966 bits per heavy atom. The molecule has 0 aliphatic heterocycles. The lowest BCUT2D eigenvalue weighted by molar-refractivity contribution is 0.660. The molecule has 0 N–H and O–H groups in total. The van der Waals surface area contributed by atoms with Gasteiger partial charge in [-0.25, -0.2) is 0 Å². The Kier molecular flexibility index (Phi) is 7.31. The molecule has 2 nitrogen and oxygen atoms in total. The predicted octanol–water partition coefficient (Wildman–Crippen LogP) is 16.2. The van der Waals surface area contributed by atoms with Crippen LogP contribution >= 0.6 is 0 Å². The first-order chi connectivity index (χ1) is 29.0. The molecule has 0 amide bonds. The van der Waals surface area contributed by atoms with Crippen LogP contribution in [0.4, 0.5) is 17.1 Å². The summed E-state index contributed by atoms with van der Waals surface area (Å²) in [7, 11) is 0. The fraction of sp³-hybridized carbons (Fsp3) is 0.0526. The monoisotopic (exact) mass is 753 g/mol. The molecule has 10 aromatic carbocycles. The van der Waals surface area contributed by atoms with E-state index in [0.717, 1.165) is 55.5 Å². The highest BCUT2D eigenvalue weighted by molar-refractivity contribution is 6.31. The van der Waals surface area contributed by atoms with Gasteiger partial charge >= 0.3 is 0 Å². The van der Waals surface area contributed by atoms with Crippen molar-refractivity contribution in [2.24, 2.45) is 0 Å². The number of furan rings is 1. The number of benzene rings is 10. The fourth-order valence-corrected chi connectivity index (χ4v) is 9.91. The van der Waals surface area contributed by atoms with Crippen LogP contribution in [0.25, 0.3) is 87.6 Å². The molecular formula is C57H39NO. The van der Waals surface area contributed by atoms with Gasteiger partial charge in [-0.1, -0.05) is 172 Å². The zero-order valence-electron chi connectivity index (χ0n) is 32.9. The highest BCUT2D eigenvalue weighted by atomic mass is 16.3. The number of rotatable bonds is 5. The predicted molar refractivity (Wildman–Crippen MR) is 249 cm³/mol. The van der Waals surface area contributed by atoms with Gasteiger partial charge in [-0.15, -0.1) is 0 Å². The molecule has 1 heterocycles. The van der Waals surface area contributed by atoms with E-state index in [1.165, 1.54) is 60.3 Å². The van der Waals surface area contributed by atoms with Crippen molar-refractivity contribution >= 4 is 71.3 Å². The van der Waals surface area contributed by atoms with Crippen LogP contribution in [0.15, 0.2) is 205 Å². The first-order valence-corrected chi connectivity index (χ1v) is 20.5. The van der Waals surface area contributed by atoms with Crippen molar-refractivity contribution in [2.75, 3.05) is 4.90 Å². The first-order valence-electron chi connectivity index (χ1n) is 20.5. The minimum absolute atomic E-state index is 0.147. The van der Waals surface area contributed by atoms with Crippen molar-refractivity contribution in [3.63, 3.8) is 0 Å². The first kappa shape index (κ1) is 33.7. The Labute approximate surface area is 343 Å². The van der Waals surface area contributed by atoms with E-state index >= 15 is 0 Å². The number of hydrogen-bond acceptors (Lipinski definition) is 2. The van der Waals surface area contributed by atoms with E-state index in [-0.39, 0.29) is 5.41 Å². The van der Waals surface area contributed by atoms with Crippen molar-refractivity contribution in [1.82, 2.24) is 0 Å². The molecule has 0 atom stereocenters. The van der Waals surface area contributed by atoms with Crippen molar-refractivity contribution in [3.05, 3.63) is 211 Å². The molecule has 278 valence electrons. The summed E-state index contributed by atoms with van der Waals surface area (Å²) in [5.74, 6) is 0. The molecule has 0 radical (unpaired) electrons. The second kappa shape index (κ2) is 12.8. The van der Waals surface area contributed by atoms with E-state index in [1.54, 1.807) is 0 Å². The summed E-state index contributed by atoms with van der Waals surface area (Å²) in [6, 6.07) is 73.2. The van der Waals surface area contributed by atoms with Crippen molar-refractivity contribution in [2.45, 2.75) is 19.3 Å². The zero-order valence-corrected chi connectivity index (χ0v) is 32.9. The Hall–Kier alpha value is -7.42. The molecule has 0 saturated heterocycles. The smallest absolute Gasteiger partial charge is 0.143 e. The Bertz CT molecular complexity index is 3460. The molecule has 59 heavy (non-hydrogen) atoms. The fourth-order valence-electron chi connectivity index (χ4n) is 9.91. The quantitative estimate of drug-likeness (QED) is 0.163. The summed E-state index contributed by atoms with van der Waals surface area (Å²) >= 11 is 0. The summed E-state index contributed by atoms with van der Waals surface area (Å²) in [6.07, 6.45) is 0. The van der Waals surface area contributed by atoms with Gasteiger partial charge in [-0.2, -0.15) is 0 Å². The number of fused-ring (bicyclic) bond motifs is 12. The molecule has 0 spiro atoms. The third kappa shape index (κ3) is 5.13. The third-order valence-electron chi connectivity index (χ3n) is 12.8. The van der Waals surface area contributed by atoms with Gasteiger partial charge in [0.2, 0.25) is 0 Å². The van der Waals surface area contributed by atoms with E-state index in [1.807, 2.05) is 0 Å². The Morgan fingerprint density at radius 3 is 1.78 bits per heavy atom. The number of hydrogen-bond donors (Lipinski definition) is 0. The van der Waals surface area contributed by atoms with Gasteiger partial charge in [0.15, 0.2) is 0 Å². The lowest BCUT2D eigenvalue weighted by atomic mass is 9.82. The SMILES string of the molecule is CC1(C)c2ccccc2-c2ccc(N(c3ccc(-c4ccccc4)cc3)c3cc(-c4ccc5ccccc5c4)c4oc5c6ccccc6c6ccccc6c5c4c3)cc21. The average molecular weight is 754 g/mol. The molecule has 0 saturated carbocycles. The van der Waals surface area contributed by atoms with Gasteiger partial charge in [-0.05, 0) is 108 Å². The van der Waals surface area contributed by atoms with Crippen LogP contribution in [0.1, 0.15) is 25.0 Å². The largest absolute Gasteiger partial charge is 0.455 e. The van der Waals surface area contributed by atoms with E-state index in [2.05, 4.69) is 219 Å². The molecule has 1 aliphatic carbocycles. The highest BCUT2D eigenvalue weighted by Gasteiger charge is 2.36. The minimum atomic E-state index is -0.147. The van der Waals surface area contributed by atoms with Crippen LogP contribution in [-0.2, 0) is 5.41 Å². The Balaban J connectivity index is 1.17. The zero-order chi connectivity index (χ0) is 39.2. The summed E-state index contributed by atoms with van der Waals surface area (Å²) < 4.78 is 7.19. The molecular weight excluding hydrogens is 715 g/mol. The van der Waals surface area contributed by atoms with Crippen LogP contribution < -0.4 is 4.90 Å². The average Bonchev–Trinajstić information content (AvgIpc) is 3.79. The molecule has 0 bridgehead atoms. The van der Waals surface area contributed by atoms with E-state index in [0.29, 0.717) is 0 Å². The maximum absolute atomic E-state index is 7.19. The van der Waals surface area contributed by atoms with Crippen LogP contribution in [0.5, 0.6) is 0 Å². The van der Waals surface area contributed by atoms with Crippen LogP contribution in [0.3, 0.4) is 0 Å². The van der Waals surface area contributed by atoms with Gasteiger partial charge in [0, 0.05) is 44.2 Å². The van der Waals surface area contributed by atoms with Gasteiger partial charge in [-0.3, -0.25) is 0 Å². The minimum Gasteiger partial charge on any atom is -0.455 e. The lowest BCUT2D eigenvalue weighted by Crippen LogP contribution is -2.16. The van der Waals surface area contributed by atoms with Crippen molar-refractivity contribution in [3.8, 4) is 33.4 Å². The van der Waals surface area contributed by atoms with Crippen LogP contribution in [0.2, 0.25) is 0 Å². The molecule has 1 aromatic heterocycles. The van der Waals surface area contributed by atoms with Crippen LogP contribution in [0, 0.1) is 0 Å². The van der Waals surface area contributed by atoms with Crippen molar-refractivity contribution < 1.29 is 4.42 Å². The topological polar surface area (TPSA) is 16.4 Å². The normalized spacial score (nSPS) is 13.1. The van der Waals surface area contributed by atoms with Gasteiger partial charge in [0.25, 0.3) is 0 Å². The maximum Gasteiger partial charge on any atom is 0.143 e. The Morgan fingerprint density at radius 1 is 0.356 bits per heavy atom. The van der Waals surface area contributed by atoms with Gasteiger partial charge < -0.3 is 9.32 Å². The highest BCUT2D eigenvalue weighted by Crippen LogP contribution is 2.52. The molecule has 1 aliphatic rings. The van der Waals surface area contributed by atoms with E-state index in [4.69, 9.17) is 4.42 Å². The molecule has 12 rings (SSSR count). The van der Waals surface area contributed by atoms with Gasteiger partial charge in [0.05, 0.1) is 0 Å². The third-order valence-corrected chi connectivity index (χ3v) is 12.8. The number of anilines is 3. The maximum atomic E-state index is 7.19. The molecule has 2 heteroatoms. The van der Waals surface area contributed by atoms with Crippen LogP contribution in [-0.4, -0.2) is 0 Å².